The summed E-state index contributed by atoms with van der Waals surface area (Å²) in [6, 6.07) is 17.0. The lowest BCUT2D eigenvalue weighted by Gasteiger charge is -2.30. The van der Waals surface area contributed by atoms with Crippen molar-refractivity contribution in [1.29, 1.82) is 0 Å². The Balaban J connectivity index is 0.00000243. The number of aromatic nitrogens is 1. The van der Waals surface area contributed by atoms with E-state index in [4.69, 9.17) is 0 Å². The minimum absolute atomic E-state index is 0. The molecule has 5 heteroatoms. The van der Waals surface area contributed by atoms with Gasteiger partial charge in [-0.15, -0.1) is 24.0 Å². The van der Waals surface area contributed by atoms with Crippen LogP contribution in [-0.2, 0) is 12.0 Å². The van der Waals surface area contributed by atoms with Crippen LogP contribution in [-0.4, -0.2) is 24.5 Å². The number of pyridine rings is 1. The molecular formula is C21H29IN4. The topological polar surface area (TPSA) is 49.3 Å². The van der Waals surface area contributed by atoms with Gasteiger partial charge in [0.05, 0.1) is 12.2 Å². The van der Waals surface area contributed by atoms with Crippen LogP contribution in [0.5, 0.6) is 0 Å². The number of hydrogen-bond acceptors (Lipinski definition) is 2. The van der Waals surface area contributed by atoms with Crippen molar-refractivity contribution in [2.24, 2.45) is 4.99 Å². The summed E-state index contributed by atoms with van der Waals surface area (Å²) in [5.41, 5.74) is 3.73. The summed E-state index contributed by atoms with van der Waals surface area (Å²) in [6.45, 7) is 3.61. The summed E-state index contributed by atoms with van der Waals surface area (Å²) < 4.78 is 0. The maximum absolute atomic E-state index is 4.53. The molecule has 1 aromatic heterocycles. The number of aliphatic imine (C=N–C) groups is 1. The van der Waals surface area contributed by atoms with Gasteiger partial charge in [0.2, 0.25) is 0 Å². The van der Waals surface area contributed by atoms with Crippen LogP contribution < -0.4 is 10.6 Å². The number of benzene rings is 1. The molecule has 0 spiro atoms. The zero-order chi connectivity index (χ0) is 17.5. The molecule has 1 aliphatic rings. The van der Waals surface area contributed by atoms with Crippen molar-refractivity contribution in [3.05, 3.63) is 65.5 Å². The number of guanidine groups is 1. The van der Waals surface area contributed by atoms with Crippen LogP contribution in [0.4, 0.5) is 0 Å². The van der Waals surface area contributed by atoms with Gasteiger partial charge in [-0.25, -0.2) is 0 Å². The smallest absolute Gasteiger partial charge is 0.191 e. The van der Waals surface area contributed by atoms with E-state index in [2.05, 4.69) is 50.9 Å². The second-order valence-electron chi connectivity index (χ2n) is 6.90. The maximum atomic E-state index is 4.53. The number of hydrogen-bond donors (Lipinski definition) is 2. The normalized spacial score (nSPS) is 16.0. The Bertz CT molecular complexity index is 709. The van der Waals surface area contributed by atoms with Crippen LogP contribution in [0.2, 0.25) is 0 Å². The molecule has 3 rings (SSSR count). The van der Waals surface area contributed by atoms with Crippen molar-refractivity contribution in [3.63, 3.8) is 0 Å². The highest BCUT2D eigenvalue weighted by Gasteiger charge is 2.35. The summed E-state index contributed by atoms with van der Waals surface area (Å²) in [7, 11) is 1.82. The predicted molar refractivity (Wildman–Crippen MR) is 119 cm³/mol. The highest BCUT2D eigenvalue weighted by Crippen LogP contribution is 2.40. The van der Waals surface area contributed by atoms with E-state index in [0.717, 1.165) is 23.9 Å². The molecule has 140 valence electrons. The first-order chi connectivity index (χ1) is 12.2. The van der Waals surface area contributed by atoms with Gasteiger partial charge in [-0.05, 0) is 37.5 Å². The molecular weight excluding hydrogens is 435 g/mol. The first kappa shape index (κ1) is 20.7. The summed E-state index contributed by atoms with van der Waals surface area (Å²) >= 11 is 0. The minimum atomic E-state index is 0. The third kappa shape index (κ3) is 5.19. The molecule has 1 heterocycles. The molecule has 0 aliphatic heterocycles. The van der Waals surface area contributed by atoms with Gasteiger partial charge >= 0.3 is 0 Å². The van der Waals surface area contributed by atoms with Gasteiger partial charge in [0.25, 0.3) is 0 Å². The van der Waals surface area contributed by atoms with Crippen LogP contribution >= 0.6 is 24.0 Å². The van der Waals surface area contributed by atoms with Crippen molar-refractivity contribution in [2.45, 2.75) is 44.6 Å². The average Bonchev–Trinajstić information content (AvgIpc) is 3.13. The standard InChI is InChI=1S/C21H28N4.HI/c1-17-9-8-12-19(25-17)15-23-20(22-2)24-16-21(13-6-7-14-21)18-10-4-3-5-11-18;/h3-5,8-12H,6-7,13-16H2,1-2H3,(H2,22,23,24);1H. The van der Waals surface area contributed by atoms with E-state index in [0.29, 0.717) is 6.54 Å². The largest absolute Gasteiger partial charge is 0.356 e. The Morgan fingerprint density at radius 3 is 2.42 bits per heavy atom. The maximum Gasteiger partial charge on any atom is 0.191 e. The van der Waals surface area contributed by atoms with E-state index < -0.39 is 0 Å². The Labute approximate surface area is 173 Å². The van der Waals surface area contributed by atoms with Gasteiger partial charge in [-0.1, -0.05) is 49.2 Å². The summed E-state index contributed by atoms with van der Waals surface area (Å²) in [5, 5.41) is 6.93. The van der Waals surface area contributed by atoms with E-state index in [1.165, 1.54) is 31.2 Å². The van der Waals surface area contributed by atoms with Crippen LogP contribution in [0.1, 0.15) is 42.6 Å². The van der Waals surface area contributed by atoms with Crippen LogP contribution in [0.25, 0.3) is 0 Å². The lowest BCUT2D eigenvalue weighted by molar-refractivity contribution is 0.431. The van der Waals surface area contributed by atoms with Crippen molar-refractivity contribution in [3.8, 4) is 0 Å². The quantitative estimate of drug-likeness (QED) is 0.397. The van der Waals surface area contributed by atoms with Crippen LogP contribution in [0.3, 0.4) is 0 Å². The Kier molecular flexibility index (Phi) is 7.87. The van der Waals surface area contributed by atoms with Crippen LogP contribution in [0, 0.1) is 6.92 Å². The molecule has 26 heavy (non-hydrogen) atoms. The van der Waals surface area contributed by atoms with Crippen molar-refractivity contribution >= 4 is 29.9 Å². The molecule has 0 bridgehead atoms. The van der Waals surface area contributed by atoms with Gasteiger partial charge < -0.3 is 10.6 Å². The van der Waals surface area contributed by atoms with Gasteiger partial charge in [-0.3, -0.25) is 9.98 Å². The first-order valence-electron chi connectivity index (χ1n) is 9.14. The molecule has 1 saturated carbocycles. The number of nitrogens with one attached hydrogen (secondary N) is 2. The molecule has 1 fully saturated rings. The first-order valence-corrected chi connectivity index (χ1v) is 9.14. The lowest BCUT2D eigenvalue weighted by Crippen LogP contribution is -2.44. The zero-order valence-corrected chi connectivity index (χ0v) is 18.0. The highest BCUT2D eigenvalue weighted by atomic mass is 127. The Morgan fingerprint density at radius 2 is 1.77 bits per heavy atom. The molecule has 0 amide bonds. The Hall–Kier alpha value is -1.63. The molecule has 0 atom stereocenters. The summed E-state index contributed by atoms with van der Waals surface area (Å²) in [4.78, 5) is 8.91. The van der Waals surface area contributed by atoms with Gasteiger partial charge in [0.1, 0.15) is 0 Å². The number of halogens is 1. The highest BCUT2D eigenvalue weighted by molar-refractivity contribution is 14.0. The molecule has 1 aromatic carbocycles. The molecule has 4 nitrogen and oxygen atoms in total. The second kappa shape index (κ2) is 9.90. The zero-order valence-electron chi connectivity index (χ0n) is 15.7. The molecule has 1 aliphatic carbocycles. The molecule has 0 radical (unpaired) electrons. The fraction of sp³-hybridized carbons (Fsp3) is 0.429. The summed E-state index contributed by atoms with van der Waals surface area (Å²) in [6.07, 6.45) is 5.08. The van der Waals surface area contributed by atoms with Crippen LogP contribution in [0.15, 0.2) is 53.5 Å². The van der Waals surface area contributed by atoms with Gasteiger partial charge in [0, 0.05) is 24.7 Å². The van der Waals surface area contributed by atoms with E-state index in [1.807, 2.05) is 32.2 Å². The second-order valence-corrected chi connectivity index (χ2v) is 6.90. The van der Waals surface area contributed by atoms with Crippen molar-refractivity contribution in [2.75, 3.05) is 13.6 Å². The molecule has 0 saturated heterocycles. The molecule has 0 unspecified atom stereocenters. The van der Waals surface area contributed by atoms with Gasteiger partial charge in [0.15, 0.2) is 5.96 Å². The Morgan fingerprint density at radius 1 is 1.04 bits per heavy atom. The number of aryl methyl sites for hydroxylation is 1. The number of rotatable bonds is 5. The van der Waals surface area contributed by atoms with E-state index in [-0.39, 0.29) is 29.4 Å². The van der Waals surface area contributed by atoms with Crippen molar-refractivity contribution in [1.82, 2.24) is 15.6 Å². The average molecular weight is 464 g/mol. The summed E-state index contributed by atoms with van der Waals surface area (Å²) in [5.74, 6) is 0.838. The third-order valence-electron chi connectivity index (χ3n) is 5.15. The van der Waals surface area contributed by atoms with E-state index in [1.54, 1.807) is 0 Å². The SMILES string of the molecule is CN=C(NCc1cccc(C)n1)NCC1(c2ccccc2)CCCC1.I. The van der Waals surface area contributed by atoms with Gasteiger partial charge in [-0.2, -0.15) is 0 Å². The van der Waals surface area contributed by atoms with Crippen molar-refractivity contribution < 1.29 is 0 Å². The molecule has 2 N–H and O–H groups in total. The number of nitrogens with zero attached hydrogens (tertiary/aromatic N) is 2. The fourth-order valence-corrected chi connectivity index (χ4v) is 3.76. The van der Waals surface area contributed by atoms with E-state index >= 15 is 0 Å². The van der Waals surface area contributed by atoms with E-state index in [9.17, 15) is 0 Å². The monoisotopic (exact) mass is 464 g/mol. The third-order valence-corrected chi connectivity index (χ3v) is 5.15. The fourth-order valence-electron chi connectivity index (χ4n) is 3.76. The predicted octanol–water partition coefficient (Wildman–Crippen LogP) is 4.19. The minimum Gasteiger partial charge on any atom is -0.356 e. The lowest BCUT2D eigenvalue weighted by atomic mass is 9.79. The molecule has 2 aromatic rings.